The van der Waals surface area contributed by atoms with Crippen molar-refractivity contribution in [3.8, 4) is 22.6 Å². The summed E-state index contributed by atoms with van der Waals surface area (Å²) < 4.78 is 40.8. The Labute approximate surface area is 167 Å². The fourth-order valence-corrected chi connectivity index (χ4v) is 5.15. The molecule has 0 aliphatic rings. The first-order valence-corrected chi connectivity index (χ1v) is 10.1. The summed E-state index contributed by atoms with van der Waals surface area (Å²) in [4.78, 5) is 10.9. The molecule has 3 rings (SSSR count). The van der Waals surface area contributed by atoms with Crippen LogP contribution in [0.15, 0.2) is 46.7 Å². The Morgan fingerprint density at radius 3 is 2.39 bits per heavy atom. The van der Waals surface area contributed by atoms with Gasteiger partial charge in [-0.25, -0.2) is 17.6 Å². The first-order valence-electron chi connectivity index (χ1n) is 7.46. The summed E-state index contributed by atoms with van der Waals surface area (Å²) in [6, 6.07) is 7.99. The van der Waals surface area contributed by atoms with Crippen LogP contribution in [0.5, 0.6) is 11.5 Å². The Morgan fingerprint density at radius 1 is 1.07 bits per heavy atom. The minimum absolute atomic E-state index is 0.0516. The van der Waals surface area contributed by atoms with Crippen LogP contribution in [0.4, 0.5) is 10.1 Å². The summed E-state index contributed by atoms with van der Waals surface area (Å²) in [6.07, 6.45) is 0. The molecule has 0 unspecified atom stereocenters. The number of thiophene rings is 1. The maximum absolute atomic E-state index is 13.6. The second kappa shape index (κ2) is 7.30. The van der Waals surface area contributed by atoms with Crippen molar-refractivity contribution in [1.82, 2.24) is 0 Å². The maximum atomic E-state index is 13.6. The van der Waals surface area contributed by atoms with Gasteiger partial charge in [-0.2, -0.15) is 0 Å². The lowest BCUT2D eigenvalue weighted by atomic mass is 10.1. The number of aromatic hydroxyl groups is 2. The molecule has 0 amide bonds. The second-order valence-corrected chi connectivity index (χ2v) is 9.13. The normalized spacial score (nSPS) is 11.4. The molecule has 0 spiro atoms. The van der Waals surface area contributed by atoms with Crippen LogP contribution in [0.25, 0.3) is 11.1 Å². The average Bonchev–Trinajstić information content (AvgIpc) is 2.99. The number of hydrogen-bond donors (Lipinski definition) is 4. The molecule has 3 aromatic rings. The third-order valence-electron chi connectivity index (χ3n) is 3.67. The van der Waals surface area contributed by atoms with Gasteiger partial charge in [0.25, 0.3) is 10.0 Å². The van der Waals surface area contributed by atoms with Gasteiger partial charge in [-0.1, -0.05) is 17.7 Å². The largest absolute Gasteiger partial charge is 0.507 e. The second-order valence-electron chi connectivity index (χ2n) is 5.56. The summed E-state index contributed by atoms with van der Waals surface area (Å²) in [5.74, 6) is -3.38. The van der Waals surface area contributed by atoms with E-state index in [4.69, 9.17) is 16.7 Å². The van der Waals surface area contributed by atoms with Crippen molar-refractivity contribution in [1.29, 1.82) is 0 Å². The lowest BCUT2D eigenvalue weighted by molar-refractivity contribution is 0.0693. The average molecular weight is 444 g/mol. The predicted octanol–water partition coefficient (Wildman–Crippen LogP) is 4.12. The van der Waals surface area contributed by atoms with Gasteiger partial charge in [0.1, 0.15) is 19.9 Å². The Kier molecular flexibility index (Phi) is 5.20. The smallest absolute Gasteiger partial charge is 0.339 e. The lowest BCUT2D eigenvalue weighted by Gasteiger charge is -2.07. The number of halogens is 2. The van der Waals surface area contributed by atoms with Crippen molar-refractivity contribution in [3.63, 3.8) is 0 Å². The number of nitrogens with one attached hydrogen (secondary N) is 1. The molecule has 0 aliphatic carbocycles. The van der Waals surface area contributed by atoms with Gasteiger partial charge in [0, 0.05) is 11.6 Å². The number of carboxylic acid groups (broad SMARTS) is 1. The number of hydrogen-bond acceptors (Lipinski definition) is 6. The monoisotopic (exact) mass is 443 g/mol. The van der Waals surface area contributed by atoms with Crippen LogP contribution in [0, 0.1) is 5.82 Å². The third kappa shape index (κ3) is 3.88. The zero-order valence-corrected chi connectivity index (χ0v) is 16.1. The highest BCUT2D eigenvalue weighted by Crippen LogP contribution is 2.39. The van der Waals surface area contributed by atoms with Crippen LogP contribution in [0.2, 0.25) is 4.34 Å². The van der Waals surface area contributed by atoms with Crippen molar-refractivity contribution in [2.45, 2.75) is 4.21 Å². The predicted molar refractivity (Wildman–Crippen MR) is 102 cm³/mol. The van der Waals surface area contributed by atoms with E-state index in [1.54, 1.807) is 0 Å². The van der Waals surface area contributed by atoms with E-state index in [1.165, 1.54) is 18.2 Å². The summed E-state index contributed by atoms with van der Waals surface area (Å²) in [5, 5.41) is 27.8. The molecule has 0 fully saturated rings. The highest BCUT2D eigenvalue weighted by atomic mass is 35.5. The molecule has 28 heavy (non-hydrogen) atoms. The summed E-state index contributed by atoms with van der Waals surface area (Å²) in [7, 11) is -4.11. The van der Waals surface area contributed by atoms with Gasteiger partial charge < -0.3 is 15.3 Å². The standard InChI is InChI=1S/C17H11ClFNO6S2/c18-16-11(8-1-4-13(21)12(19)5-8)7-15(27-16)28(25,26)20-9-2-3-10(17(23)24)14(22)6-9/h1-7,20-22H,(H,23,24). The summed E-state index contributed by atoms with van der Waals surface area (Å²) >= 11 is 6.83. The highest BCUT2D eigenvalue weighted by Gasteiger charge is 2.22. The molecule has 0 radical (unpaired) electrons. The number of aromatic carboxylic acids is 1. The molecule has 0 saturated carbocycles. The summed E-state index contributed by atoms with van der Waals surface area (Å²) in [6.45, 7) is 0. The molecule has 7 nitrogen and oxygen atoms in total. The van der Waals surface area contributed by atoms with Crippen LogP contribution in [0.3, 0.4) is 0 Å². The van der Waals surface area contributed by atoms with Crippen molar-refractivity contribution in [2.24, 2.45) is 0 Å². The first kappa shape index (κ1) is 19.9. The number of rotatable bonds is 5. The Balaban J connectivity index is 1.94. The molecule has 1 aromatic heterocycles. The Morgan fingerprint density at radius 2 is 1.79 bits per heavy atom. The van der Waals surface area contributed by atoms with Gasteiger partial charge >= 0.3 is 5.97 Å². The zero-order chi connectivity index (χ0) is 20.6. The van der Waals surface area contributed by atoms with E-state index >= 15 is 0 Å². The van der Waals surface area contributed by atoms with Crippen LogP contribution in [-0.4, -0.2) is 29.7 Å². The number of carboxylic acids is 1. The van der Waals surface area contributed by atoms with Crippen LogP contribution >= 0.6 is 22.9 Å². The fourth-order valence-electron chi connectivity index (χ4n) is 2.33. The van der Waals surface area contributed by atoms with E-state index in [0.717, 1.165) is 35.6 Å². The molecule has 0 bridgehead atoms. The van der Waals surface area contributed by atoms with Gasteiger partial charge in [0.15, 0.2) is 11.6 Å². The van der Waals surface area contributed by atoms with Gasteiger partial charge in [-0.3, -0.25) is 4.72 Å². The minimum Gasteiger partial charge on any atom is -0.507 e. The van der Waals surface area contributed by atoms with Crippen LogP contribution in [0.1, 0.15) is 10.4 Å². The number of phenols is 2. The molecule has 11 heteroatoms. The van der Waals surface area contributed by atoms with Gasteiger partial charge in [-0.05, 0) is 35.9 Å². The number of sulfonamides is 1. The van der Waals surface area contributed by atoms with Crippen molar-refractivity contribution >= 4 is 44.6 Å². The van der Waals surface area contributed by atoms with E-state index in [-0.39, 0.29) is 30.9 Å². The molecule has 0 atom stereocenters. The highest BCUT2D eigenvalue weighted by molar-refractivity contribution is 7.94. The van der Waals surface area contributed by atoms with Crippen molar-refractivity contribution < 1.29 is 32.9 Å². The number of phenolic OH excluding ortho intramolecular Hbond substituents is 1. The van der Waals surface area contributed by atoms with Gasteiger partial charge in [0.05, 0.1) is 5.69 Å². The molecular formula is C17H11ClFNO6S2. The minimum atomic E-state index is -4.11. The van der Waals surface area contributed by atoms with E-state index in [9.17, 15) is 27.8 Å². The third-order valence-corrected chi connectivity index (χ3v) is 6.88. The van der Waals surface area contributed by atoms with E-state index in [1.807, 2.05) is 0 Å². The van der Waals surface area contributed by atoms with Crippen molar-refractivity contribution in [2.75, 3.05) is 4.72 Å². The first-order chi connectivity index (χ1) is 13.1. The Hall–Kier alpha value is -2.82. The SMILES string of the molecule is O=C(O)c1ccc(NS(=O)(=O)c2cc(-c3ccc(O)c(F)c3)c(Cl)s2)cc1O. The quantitative estimate of drug-likeness (QED) is 0.470. The molecular weight excluding hydrogens is 433 g/mol. The molecule has 0 saturated heterocycles. The number of carbonyl (C=O) groups is 1. The van der Waals surface area contributed by atoms with E-state index in [2.05, 4.69) is 4.72 Å². The van der Waals surface area contributed by atoms with Gasteiger partial charge in [0.2, 0.25) is 0 Å². The molecule has 2 aromatic carbocycles. The molecule has 0 aliphatic heterocycles. The number of anilines is 1. The van der Waals surface area contributed by atoms with Crippen LogP contribution in [-0.2, 0) is 10.0 Å². The van der Waals surface area contributed by atoms with Crippen molar-refractivity contribution in [3.05, 3.63) is 58.2 Å². The fraction of sp³-hybridized carbons (Fsp3) is 0. The van der Waals surface area contributed by atoms with E-state index in [0.29, 0.717) is 0 Å². The topological polar surface area (TPSA) is 124 Å². The summed E-state index contributed by atoms with van der Waals surface area (Å²) in [5.41, 5.74) is 0.111. The Bertz CT molecular complexity index is 1190. The number of benzene rings is 2. The maximum Gasteiger partial charge on any atom is 0.339 e. The molecule has 4 N–H and O–H groups in total. The van der Waals surface area contributed by atoms with Gasteiger partial charge in [-0.15, -0.1) is 11.3 Å². The molecule has 1 heterocycles. The van der Waals surface area contributed by atoms with E-state index < -0.39 is 33.3 Å². The molecule has 146 valence electrons. The zero-order valence-electron chi connectivity index (χ0n) is 13.7. The lowest BCUT2D eigenvalue weighted by Crippen LogP contribution is -2.11. The van der Waals surface area contributed by atoms with Crippen LogP contribution < -0.4 is 4.72 Å².